The molecule has 0 amide bonds. The number of hydrogen-bond acceptors (Lipinski definition) is 2. The molecule has 0 saturated heterocycles. The van der Waals surface area contributed by atoms with Crippen LogP contribution < -0.4 is 0 Å². The largest absolute Gasteiger partial charge is 0.480 e. The van der Waals surface area contributed by atoms with Gasteiger partial charge in [-0.25, -0.2) is 0 Å². The average Bonchev–Trinajstić information content (AvgIpc) is 2.34. The van der Waals surface area contributed by atoms with Gasteiger partial charge in [-0.05, 0) is 12.1 Å². The summed E-state index contributed by atoms with van der Waals surface area (Å²) in [5.74, 6) is 0.201. The van der Waals surface area contributed by atoms with Gasteiger partial charge < -0.3 is 9.30 Å². The first-order chi connectivity index (χ1) is 4.75. The van der Waals surface area contributed by atoms with Crippen molar-refractivity contribution in [1.82, 2.24) is 4.57 Å². The molecule has 0 atom stereocenters. The number of nitrogens with one attached hydrogen (secondary N) is 1. The van der Waals surface area contributed by atoms with Gasteiger partial charge in [0.15, 0.2) is 0 Å². The van der Waals surface area contributed by atoms with Crippen LogP contribution in [0.5, 0.6) is 0 Å². The van der Waals surface area contributed by atoms with E-state index in [-0.39, 0.29) is 5.90 Å². The Morgan fingerprint density at radius 3 is 2.80 bits per heavy atom. The van der Waals surface area contributed by atoms with Crippen molar-refractivity contribution >= 4 is 5.90 Å². The summed E-state index contributed by atoms with van der Waals surface area (Å²) in [7, 11) is 3.37. The van der Waals surface area contributed by atoms with Crippen LogP contribution in [0.3, 0.4) is 0 Å². The third-order valence-corrected chi connectivity index (χ3v) is 1.38. The SMILES string of the molecule is COC(=N)c1cccn1C. The average molecular weight is 138 g/mol. The Kier molecular flexibility index (Phi) is 1.76. The summed E-state index contributed by atoms with van der Waals surface area (Å²) in [6.07, 6.45) is 1.88. The minimum Gasteiger partial charge on any atom is -0.480 e. The molecule has 0 aromatic carbocycles. The number of rotatable bonds is 1. The first kappa shape index (κ1) is 6.86. The molecule has 0 radical (unpaired) electrons. The Hall–Kier alpha value is -1.25. The molecule has 1 aromatic heterocycles. The van der Waals surface area contributed by atoms with Gasteiger partial charge in [0, 0.05) is 13.2 Å². The molecule has 0 fully saturated rings. The monoisotopic (exact) mass is 138 g/mol. The smallest absolute Gasteiger partial charge is 0.230 e. The normalized spacial score (nSPS) is 9.40. The molecule has 1 heterocycles. The lowest BCUT2D eigenvalue weighted by Crippen LogP contribution is -2.06. The van der Waals surface area contributed by atoms with Gasteiger partial charge in [-0.2, -0.15) is 0 Å². The first-order valence-electron chi connectivity index (χ1n) is 3.00. The summed E-state index contributed by atoms with van der Waals surface area (Å²) >= 11 is 0. The minimum atomic E-state index is 0.201. The van der Waals surface area contributed by atoms with E-state index in [1.54, 1.807) is 0 Å². The second-order valence-corrected chi connectivity index (χ2v) is 2.04. The summed E-state index contributed by atoms with van der Waals surface area (Å²) in [6, 6.07) is 3.72. The highest BCUT2D eigenvalue weighted by atomic mass is 16.5. The molecule has 0 unspecified atom stereocenters. The molecule has 1 rings (SSSR count). The van der Waals surface area contributed by atoms with E-state index in [4.69, 9.17) is 10.1 Å². The number of ether oxygens (including phenoxy) is 1. The van der Waals surface area contributed by atoms with Crippen LogP contribution in [0.4, 0.5) is 0 Å². The van der Waals surface area contributed by atoms with Gasteiger partial charge >= 0.3 is 0 Å². The zero-order valence-electron chi connectivity index (χ0n) is 6.09. The lowest BCUT2D eigenvalue weighted by Gasteiger charge is -2.01. The van der Waals surface area contributed by atoms with Crippen LogP contribution in [0.1, 0.15) is 5.69 Å². The fraction of sp³-hybridized carbons (Fsp3) is 0.286. The molecule has 0 aliphatic rings. The quantitative estimate of drug-likeness (QED) is 0.456. The van der Waals surface area contributed by atoms with Gasteiger partial charge in [-0.1, -0.05) is 0 Å². The van der Waals surface area contributed by atoms with Crippen LogP contribution in [-0.2, 0) is 11.8 Å². The van der Waals surface area contributed by atoms with E-state index in [0.717, 1.165) is 5.69 Å². The Bertz CT molecular complexity index is 240. The molecule has 10 heavy (non-hydrogen) atoms. The van der Waals surface area contributed by atoms with Crippen LogP contribution in [-0.4, -0.2) is 17.6 Å². The van der Waals surface area contributed by atoms with Crippen LogP contribution in [0.15, 0.2) is 18.3 Å². The predicted octanol–water partition coefficient (Wildman–Crippen LogP) is 0.997. The second-order valence-electron chi connectivity index (χ2n) is 2.04. The van der Waals surface area contributed by atoms with E-state index < -0.39 is 0 Å². The highest BCUT2D eigenvalue weighted by Gasteiger charge is 2.01. The summed E-state index contributed by atoms with van der Waals surface area (Å²) < 4.78 is 6.58. The van der Waals surface area contributed by atoms with E-state index in [1.807, 2.05) is 29.9 Å². The molecule has 0 bridgehead atoms. The van der Waals surface area contributed by atoms with Crippen molar-refractivity contribution in [2.75, 3.05) is 7.11 Å². The van der Waals surface area contributed by atoms with Crippen molar-refractivity contribution in [3.8, 4) is 0 Å². The molecule has 0 aliphatic carbocycles. The third-order valence-electron chi connectivity index (χ3n) is 1.38. The molecule has 0 spiro atoms. The Balaban J connectivity index is 2.93. The van der Waals surface area contributed by atoms with E-state index in [1.165, 1.54) is 7.11 Å². The molecule has 0 saturated carbocycles. The van der Waals surface area contributed by atoms with Gasteiger partial charge in [0.25, 0.3) is 0 Å². The zero-order valence-corrected chi connectivity index (χ0v) is 6.09. The molecular formula is C7H10N2O. The molecule has 3 nitrogen and oxygen atoms in total. The molecular weight excluding hydrogens is 128 g/mol. The van der Waals surface area contributed by atoms with Crippen LogP contribution in [0.2, 0.25) is 0 Å². The van der Waals surface area contributed by atoms with Gasteiger partial charge in [-0.15, -0.1) is 0 Å². The lowest BCUT2D eigenvalue weighted by molar-refractivity contribution is 0.398. The Morgan fingerprint density at radius 1 is 1.70 bits per heavy atom. The van der Waals surface area contributed by atoms with Crippen LogP contribution >= 0.6 is 0 Å². The topological polar surface area (TPSA) is 38.0 Å². The number of hydrogen-bond donors (Lipinski definition) is 1. The fourth-order valence-corrected chi connectivity index (χ4v) is 0.802. The van der Waals surface area contributed by atoms with Gasteiger partial charge in [0.05, 0.1) is 7.11 Å². The Morgan fingerprint density at radius 2 is 2.40 bits per heavy atom. The van der Waals surface area contributed by atoms with Gasteiger partial charge in [0.2, 0.25) is 5.90 Å². The standard InChI is InChI=1S/C7H10N2O/c1-9-5-3-4-6(9)7(8)10-2/h3-5,8H,1-2H3. The van der Waals surface area contributed by atoms with Gasteiger partial charge in [0.1, 0.15) is 5.69 Å². The van der Waals surface area contributed by atoms with Crippen LogP contribution in [0, 0.1) is 5.41 Å². The number of aromatic nitrogens is 1. The summed E-state index contributed by atoms with van der Waals surface area (Å²) in [4.78, 5) is 0. The van der Waals surface area contributed by atoms with Crippen LogP contribution in [0.25, 0.3) is 0 Å². The third kappa shape index (κ3) is 1.03. The van der Waals surface area contributed by atoms with Crippen molar-refractivity contribution in [3.63, 3.8) is 0 Å². The minimum absolute atomic E-state index is 0.201. The van der Waals surface area contributed by atoms with Crippen molar-refractivity contribution in [2.24, 2.45) is 7.05 Å². The number of methoxy groups -OCH3 is 1. The number of aryl methyl sites for hydroxylation is 1. The van der Waals surface area contributed by atoms with E-state index >= 15 is 0 Å². The summed E-state index contributed by atoms with van der Waals surface area (Å²) in [6.45, 7) is 0. The molecule has 3 heteroatoms. The summed E-state index contributed by atoms with van der Waals surface area (Å²) in [5, 5.41) is 7.29. The van der Waals surface area contributed by atoms with E-state index in [2.05, 4.69) is 0 Å². The second kappa shape index (κ2) is 2.56. The molecule has 54 valence electrons. The van der Waals surface area contributed by atoms with E-state index in [0.29, 0.717) is 0 Å². The van der Waals surface area contributed by atoms with Crippen molar-refractivity contribution in [1.29, 1.82) is 5.41 Å². The maximum atomic E-state index is 7.29. The fourth-order valence-electron chi connectivity index (χ4n) is 0.802. The van der Waals surface area contributed by atoms with Crippen molar-refractivity contribution < 1.29 is 4.74 Å². The highest BCUT2D eigenvalue weighted by molar-refractivity contribution is 5.89. The maximum Gasteiger partial charge on any atom is 0.230 e. The maximum absolute atomic E-state index is 7.29. The number of nitrogens with zero attached hydrogens (tertiary/aromatic N) is 1. The van der Waals surface area contributed by atoms with E-state index in [9.17, 15) is 0 Å². The summed E-state index contributed by atoms with van der Waals surface area (Å²) in [5.41, 5.74) is 0.794. The lowest BCUT2D eigenvalue weighted by atomic mass is 10.4. The predicted molar refractivity (Wildman–Crippen MR) is 39.3 cm³/mol. The molecule has 1 N–H and O–H groups in total. The zero-order chi connectivity index (χ0) is 7.56. The first-order valence-corrected chi connectivity index (χ1v) is 3.00. The van der Waals surface area contributed by atoms with Gasteiger partial charge in [-0.3, -0.25) is 5.41 Å². The molecule has 1 aromatic rings. The Labute approximate surface area is 59.7 Å². The molecule has 0 aliphatic heterocycles. The van der Waals surface area contributed by atoms with Crippen molar-refractivity contribution in [3.05, 3.63) is 24.0 Å². The van der Waals surface area contributed by atoms with Crippen molar-refractivity contribution in [2.45, 2.75) is 0 Å². The highest BCUT2D eigenvalue weighted by Crippen LogP contribution is 1.99.